The van der Waals surface area contributed by atoms with Gasteiger partial charge in [-0.1, -0.05) is 31.2 Å². The Kier molecular flexibility index (Phi) is 4.61. The molecular weight excluding hydrogens is 298 g/mol. The van der Waals surface area contributed by atoms with Crippen molar-refractivity contribution in [2.75, 3.05) is 23.0 Å². The molecule has 0 radical (unpaired) electrons. The zero-order valence-corrected chi connectivity index (χ0v) is 13.9. The molecule has 1 heterocycles. The topological polar surface area (TPSA) is 67.1 Å². The van der Waals surface area contributed by atoms with Crippen molar-refractivity contribution in [3.05, 3.63) is 66.4 Å². The van der Waals surface area contributed by atoms with Crippen LogP contribution in [-0.4, -0.2) is 17.0 Å². The zero-order chi connectivity index (χ0) is 16.9. The molecule has 2 aromatic carbocycles. The van der Waals surface area contributed by atoms with Crippen LogP contribution in [-0.2, 0) is 6.42 Å². The van der Waals surface area contributed by atoms with Gasteiger partial charge in [-0.05, 0) is 36.8 Å². The van der Waals surface area contributed by atoms with Crippen molar-refractivity contribution in [2.24, 2.45) is 0 Å². The second kappa shape index (κ2) is 7.00. The van der Waals surface area contributed by atoms with E-state index in [1.165, 1.54) is 0 Å². The predicted octanol–water partition coefficient (Wildman–Crippen LogP) is 4.13. The Labute approximate surface area is 142 Å². The number of aromatic nitrogens is 2. The Bertz CT molecular complexity index is 817. The molecule has 5 heteroatoms. The van der Waals surface area contributed by atoms with Crippen LogP contribution < -0.4 is 16.0 Å². The summed E-state index contributed by atoms with van der Waals surface area (Å²) >= 11 is 0. The Balaban J connectivity index is 1.95. The number of aryl methyl sites for hydroxylation is 1. The molecule has 0 fully saturated rings. The summed E-state index contributed by atoms with van der Waals surface area (Å²) in [5, 5.41) is 3.24. The van der Waals surface area contributed by atoms with Crippen molar-refractivity contribution >= 4 is 28.8 Å². The molecule has 3 rings (SSSR count). The monoisotopic (exact) mass is 319 g/mol. The summed E-state index contributed by atoms with van der Waals surface area (Å²) in [7, 11) is 1.99. The Hall–Kier alpha value is -3.08. The number of benzene rings is 2. The van der Waals surface area contributed by atoms with E-state index in [2.05, 4.69) is 17.2 Å². The molecule has 0 unspecified atom stereocenters. The molecule has 0 aliphatic carbocycles. The van der Waals surface area contributed by atoms with Crippen LogP contribution in [0, 0.1) is 0 Å². The van der Waals surface area contributed by atoms with Gasteiger partial charge in [0.2, 0.25) is 5.95 Å². The first-order valence-electron chi connectivity index (χ1n) is 7.94. The number of nitrogen functional groups attached to an aromatic ring is 1. The largest absolute Gasteiger partial charge is 0.399 e. The van der Waals surface area contributed by atoms with Gasteiger partial charge >= 0.3 is 0 Å². The fourth-order valence-electron chi connectivity index (χ4n) is 2.50. The van der Waals surface area contributed by atoms with Crippen molar-refractivity contribution in [3.63, 3.8) is 0 Å². The van der Waals surface area contributed by atoms with Crippen molar-refractivity contribution in [3.8, 4) is 0 Å². The number of anilines is 5. The summed E-state index contributed by atoms with van der Waals surface area (Å²) in [6.07, 6.45) is 2.73. The molecule has 5 nitrogen and oxygen atoms in total. The molecule has 0 spiro atoms. The first-order valence-corrected chi connectivity index (χ1v) is 7.94. The summed E-state index contributed by atoms with van der Waals surface area (Å²) in [6.45, 7) is 2.10. The SMILES string of the molecule is CCc1cnc(Nc2ccccc2)nc1N(C)c1cccc(N)c1. The van der Waals surface area contributed by atoms with Crippen molar-refractivity contribution in [2.45, 2.75) is 13.3 Å². The van der Waals surface area contributed by atoms with Crippen LogP contribution in [0.2, 0.25) is 0 Å². The molecule has 24 heavy (non-hydrogen) atoms. The number of nitrogens with two attached hydrogens (primary N) is 1. The summed E-state index contributed by atoms with van der Waals surface area (Å²) in [6, 6.07) is 17.7. The lowest BCUT2D eigenvalue weighted by Gasteiger charge is -2.22. The molecule has 0 saturated heterocycles. The van der Waals surface area contributed by atoms with Crippen molar-refractivity contribution in [1.82, 2.24) is 9.97 Å². The van der Waals surface area contributed by atoms with Gasteiger partial charge < -0.3 is 16.0 Å². The standard InChI is InChI=1S/C19H21N5/c1-3-14-13-21-19(22-16-9-5-4-6-10-16)23-18(14)24(2)17-11-7-8-15(20)12-17/h4-13H,3,20H2,1-2H3,(H,21,22,23). The quantitative estimate of drug-likeness (QED) is 0.692. The molecule has 0 aliphatic heterocycles. The molecule has 3 N–H and O–H groups in total. The zero-order valence-electron chi connectivity index (χ0n) is 13.9. The van der Waals surface area contributed by atoms with Gasteiger partial charge in [-0.25, -0.2) is 4.98 Å². The number of para-hydroxylation sites is 1. The highest BCUT2D eigenvalue weighted by Gasteiger charge is 2.12. The highest BCUT2D eigenvalue weighted by Crippen LogP contribution is 2.28. The van der Waals surface area contributed by atoms with Crippen LogP contribution >= 0.6 is 0 Å². The minimum absolute atomic E-state index is 0.573. The van der Waals surface area contributed by atoms with E-state index >= 15 is 0 Å². The number of hydrogen-bond donors (Lipinski definition) is 2. The second-order valence-electron chi connectivity index (χ2n) is 5.54. The molecule has 3 aromatic rings. The van der Waals surface area contributed by atoms with Crippen LogP contribution in [0.1, 0.15) is 12.5 Å². The normalized spacial score (nSPS) is 10.4. The van der Waals surface area contributed by atoms with Gasteiger partial charge in [0, 0.05) is 35.9 Å². The van der Waals surface area contributed by atoms with Crippen molar-refractivity contribution < 1.29 is 0 Å². The van der Waals surface area contributed by atoms with Crippen LogP contribution in [0.15, 0.2) is 60.8 Å². The van der Waals surface area contributed by atoms with Gasteiger partial charge in [0.1, 0.15) is 5.82 Å². The Morgan fingerprint density at radius 1 is 1.08 bits per heavy atom. The third-order valence-electron chi connectivity index (χ3n) is 3.83. The minimum Gasteiger partial charge on any atom is -0.399 e. The summed E-state index contributed by atoms with van der Waals surface area (Å²) in [5.41, 5.74) is 9.67. The van der Waals surface area contributed by atoms with E-state index in [-0.39, 0.29) is 0 Å². The van der Waals surface area contributed by atoms with Gasteiger partial charge in [0.25, 0.3) is 0 Å². The van der Waals surface area contributed by atoms with Crippen molar-refractivity contribution in [1.29, 1.82) is 0 Å². The lowest BCUT2D eigenvalue weighted by Crippen LogP contribution is -2.15. The predicted molar refractivity (Wildman–Crippen MR) is 100 cm³/mol. The van der Waals surface area contributed by atoms with Gasteiger partial charge in [-0.15, -0.1) is 0 Å². The average molecular weight is 319 g/mol. The molecule has 0 amide bonds. The molecule has 0 saturated carbocycles. The minimum atomic E-state index is 0.573. The summed E-state index contributed by atoms with van der Waals surface area (Å²) in [5.74, 6) is 1.45. The maximum Gasteiger partial charge on any atom is 0.229 e. The lowest BCUT2D eigenvalue weighted by atomic mass is 10.2. The van der Waals surface area contributed by atoms with Gasteiger partial charge in [-0.3, -0.25) is 0 Å². The Morgan fingerprint density at radius 2 is 1.88 bits per heavy atom. The molecule has 0 atom stereocenters. The number of rotatable bonds is 5. The lowest BCUT2D eigenvalue weighted by molar-refractivity contribution is 1.00. The highest BCUT2D eigenvalue weighted by atomic mass is 15.2. The fraction of sp³-hybridized carbons (Fsp3) is 0.158. The molecule has 1 aromatic heterocycles. The maximum atomic E-state index is 5.91. The smallest absolute Gasteiger partial charge is 0.229 e. The fourth-order valence-corrected chi connectivity index (χ4v) is 2.50. The van der Waals surface area contributed by atoms with E-state index in [4.69, 9.17) is 10.7 Å². The van der Waals surface area contributed by atoms with Crippen LogP contribution in [0.5, 0.6) is 0 Å². The molecule has 0 aliphatic rings. The first-order chi connectivity index (χ1) is 11.7. The Morgan fingerprint density at radius 3 is 2.58 bits per heavy atom. The number of hydrogen-bond acceptors (Lipinski definition) is 5. The van der Waals surface area contributed by atoms with E-state index in [1.807, 2.05) is 72.7 Å². The molecule has 0 bridgehead atoms. The van der Waals surface area contributed by atoms with Crippen LogP contribution in [0.3, 0.4) is 0 Å². The summed E-state index contributed by atoms with van der Waals surface area (Å²) < 4.78 is 0. The third-order valence-corrected chi connectivity index (χ3v) is 3.83. The first kappa shape index (κ1) is 15.8. The average Bonchev–Trinajstić information content (AvgIpc) is 2.62. The van der Waals surface area contributed by atoms with Gasteiger partial charge in [0.05, 0.1) is 0 Å². The van der Waals surface area contributed by atoms with E-state index in [0.717, 1.165) is 34.9 Å². The highest BCUT2D eigenvalue weighted by molar-refractivity contribution is 5.67. The van der Waals surface area contributed by atoms with Gasteiger partial charge in [0.15, 0.2) is 0 Å². The maximum absolute atomic E-state index is 5.91. The number of nitrogens with zero attached hydrogens (tertiary/aromatic N) is 3. The molecule has 122 valence electrons. The van der Waals surface area contributed by atoms with E-state index in [9.17, 15) is 0 Å². The second-order valence-corrected chi connectivity index (χ2v) is 5.54. The summed E-state index contributed by atoms with van der Waals surface area (Å²) in [4.78, 5) is 11.2. The van der Waals surface area contributed by atoms with Crippen LogP contribution in [0.25, 0.3) is 0 Å². The van der Waals surface area contributed by atoms with E-state index in [0.29, 0.717) is 5.95 Å². The number of nitrogens with one attached hydrogen (secondary N) is 1. The van der Waals surface area contributed by atoms with E-state index in [1.54, 1.807) is 0 Å². The van der Waals surface area contributed by atoms with E-state index < -0.39 is 0 Å². The van der Waals surface area contributed by atoms with Gasteiger partial charge in [-0.2, -0.15) is 4.98 Å². The molecular formula is C19H21N5. The van der Waals surface area contributed by atoms with Crippen LogP contribution in [0.4, 0.5) is 28.8 Å². The third kappa shape index (κ3) is 3.46.